The first kappa shape index (κ1) is 16.0. The summed E-state index contributed by atoms with van der Waals surface area (Å²) in [6.45, 7) is 2.08. The largest absolute Gasteiger partial charge is 0.481 e. The minimum Gasteiger partial charge on any atom is -0.481 e. The van der Waals surface area contributed by atoms with Gasteiger partial charge in [0.25, 0.3) is 0 Å². The highest BCUT2D eigenvalue weighted by atomic mass is 16.4. The number of aliphatic carboxylic acids is 1. The van der Waals surface area contributed by atoms with Crippen LogP contribution in [0.1, 0.15) is 77.6 Å². The van der Waals surface area contributed by atoms with Gasteiger partial charge in [-0.2, -0.15) is 0 Å². The molecule has 1 N–H and O–H groups in total. The molecule has 1 aliphatic rings. The van der Waals surface area contributed by atoms with Crippen molar-refractivity contribution in [3.63, 3.8) is 0 Å². The molecule has 0 aliphatic heterocycles. The zero-order chi connectivity index (χ0) is 13.9. The lowest BCUT2D eigenvalue weighted by atomic mass is 10.1. The van der Waals surface area contributed by atoms with Crippen LogP contribution in [0.15, 0.2) is 23.3 Å². The average molecular weight is 264 g/mol. The molecule has 19 heavy (non-hydrogen) atoms. The van der Waals surface area contributed by atoms with Crippen molar-refractivity contribution in [2.45, 2.75) is 77.6 Å². The predicted octanol–water partition coefficient (Wildman–Crippen LogP) is 5.25. The van der Waals surface area contributed by atoms with Crippen LogP contribution in [0, 0.1) is 0 Å². The van der Waals surface area contributed by atoms with Gasteiger partial charge in [0.05, 0.1) is 0 Å². The molecule has 0 amide bonds. The van der Waals surface area contributed by atoms with Gasteiger partial charge in [0.15, 0.2) is 0 Å². The molecular weight excluding hydrogens is 236 g/mol. The molecule has 0 aromatic heterocycles. The summed E-state index contributed by atoms with van der Waals surface area (Å²) in [5, 5.41) is 8.51. The van der Waals surface area contributed by atoms with Gasteiger partial charge in [-0.25, -0.2) is 0 Å². The normalized spacial score (nSPS) is 14.4. The first-order chi connectivity index (χ1) is 9.24. The Hall–Kier alpha value is -1.05. The zero-order valence-electron chi connectivity index (χ0n) is 12.3. The van der Waals surface area contributed by atoms with Gasteiger partial charge in [-0.05, 0) is 39.0 Å². The van der Waals surface area contributed by atoms with Crippen molar-refractivity contribution >= 4 is 5.97 Å². The summed E-state index contributed by atoms with van der Waals surface area (Å²) in [4.78, 5) is 10.3. The highest BCUT2D eigenvalue weighted by Crippen LogP contribution is 2.37. The van der Waals surface area contributed by atoms with Crippen molar-refractivity contribution in [1.82, 2.24) is 0 Å². The Morgan fingerprint density at radius 2 is 1.68 bits per heavy atom. The lowest BCUT2D eigenvalue weighted by molar-refractivity contribution is -0.137. The van der Waals surface area contributed by atoms with E-state index in [1.165, 1.54) is 51.4 Å². The molecule has 0 spiro atoms. The molecule has 0 saturated heterocycles. The number of unbranched alkanes of at least 4 members (excludes halogenated alkanes) is 6. The van der Waals surface area contributed by atoms with E-state index < -0.39 is 5.97 Å². The number of allylic oxidation sites excluding steroid dienone is 4. The maximum Gasteiger partial charge on any atom is 0.303 e. The van der Waals surface area contributed by atoms with Gasteiger partial charge in [0.1, 0.15) is 0 Å². The Bertz CT molecular complexity index is 326. The number of carboxylic acid groups (broad SMARTS) is 1. The molecule has 0 saturated carbocycles. The molecule has 0 atom stereocenters. The monoisotopic (exact) mass is 264 g/mol. The summed E-state index contributed by atoms with van der Waals surface area (Å²) in [6, 6.07) is 0. The standard InChI is InChI=1S/C17H28O2/c1-2-3-11-15-14-16(15)12-9-7-5-4-6-8-10-13-17(18)19/h2-3H,4-14H2,1H3,(H,18,19)/b3-2+. The average Bonchev–Trinajstić information content (AvgIpc) is 3.12. The highest BCUT2D eigenvalue weighted by Gasteiger charge is 2.18. The number of rotatable bonds is 12. The third-order valence-electron chi connectivity index (χ3n) is 3.77. The number of carbonyl (C=O) groups is 1. The second kappa shape index (κ2) is 9.82. The fourth-order valence-electron chi connectivity index (χ4n) is 2.45. The van der Waals surface area contributed by atoms with E-state index in [0.29, 0.717) is 6.42 Å². The minimum absolute atomic E-state index is 0.336. The lowest BCUT2D eigenvalue weighted by Gasteiger charge is -2.00. The first-order valence-electron chi connectivity index (χ1n) is 7.76. The fourth-order valence-corrected chi connectivity index (χ4v) is 2.45. The predicted molar refractivity (Wildman–Crippen MR) is 80.3 cm³/mol. The van der Waals surface area contributed by atoms with Crippen LogP contribution in [0.25, 0.3) is 0 Å². The van der Waals surface area contributed by atoms with Crippen LogP contribution in [0.5, 0.6) is 0 Å². The van der Waals surface area contributed by atoms with Gasteiger partial charge in [-0.1, -0.05) is 55.4 Å². The van der Waals surface area contributed by atoms with Crippen LogP contribution in [-0.4, -0.2) is 11.1 Å². The minimum atomic E-state index is -0.661. The van der Waals surface area contributed by atoms with Crippen molar-refractivity contribution in [2.24, 2.45) is 0 Å². The Morgan fingerprint density at radius 3 is 2.32 bits per heavy atom. The summed E-state index contributed by atoms with van der Waals surface area (Å²) in [5.74, 6) is -0.661. The molecule has 0 radical (unpaired) electrons. The maximum absolute atomic E-state index is 10.3. The molecule has 0 heterocycles. The van der Waals surface area contributed by atoms with Crippen molar-refractivity contribution < 1.29 is 9.90 Å². The highest BCUT2D eigenvalue weighted by molar-refractivity contribution is 5.66. The molecule has 2 heteroatoms. The molecule has 0 aromatic rings. The topological polar surface area (TPSA) is 37.3 Å². The molecule has 0 fully saturated rings. The van der Waals surface area contributed by atoms with Crippen LogP contribution >= 0.6 is 0 Å². The van der Waals surface area contributed by atoms with Crippen LogP contribution in [0.3, 0.4) is 0 Å². The van der Waals surface area contributed by atoms with Crippen LogP contribution in [0.2, 0.25) is 0 Å². The summed E-state index contributed by atoms with van der Waals surface area (Å²) in [6.07, 6.45) is 16.9. The third-order valence-corrected chi connectivity index (χ3v) is 3.77. The van der Waals surface area contributed by atoms with E-state index in [0.717, 1.165) is 12.8 Å². The summed E-state index contributed by atoms with van der Waals surface area (Å²) >= 11 is 0. The molecule has 0 unspecified atom stereocenters. The fraction of sp³-hybridized carbons (Fsp3) is 0.706. The van der Waals surface area contributed by atoms with E-state index in [-0.39, 0.29) is 0 Å². The molecular formula is C17H28O2. The van der Waals surface area contributed by atoms with E-state index in [4.69, 9.17) is 5.11 Å². The Labute approximate surface area is 117 Å². The summed E-state index contributed by atoms with van der Waals surface area (Å²) in [5.41, 5.74) is 3.38. The van der Waals surface area contributed by atoms with Gasteiger partial charge in [-0.3, -0.25) is 4.79 Å². The van der Waals surface area contributed by atoms with Gasteiger partial charge >= 0.3 is 5.97 Å². The van der Waals surface area contributed by atoms with Crippen LogP contribution in [0.4, 0.5) is 0 Å². The van der Waals surface area contributed by atoms with E-state index in [2.05, 4.69) is 19.1 Å². The Morgan fingerprint density at radius 1 is 1.05 bits per heavy atom. The smallest absolute Gasteiger partial charge is 0.303 e. The van der Waals surface area contributed by atoms with Gasteiger partial charge in [0.2, 0.25) is 0 Å². The SMILES string of the molecule is C/C=C/CC1=C(CCCCCCCCCC(=O)O)C1. The number of hydrogen-bond donors (Lipinski definition) is 1. The zero-order valence-corrected chi connectivity index (χ0v) is 12.3. The molecule has 2 nitrogen and oxygen atoms in total. The van der Waals surface area contributed by atoms with Crippen LogP contribution in [-0.2, 0) is 4.79 Å². The van der Waals surface area contributed by atoms with Crippen molar-refractivity contribution in [1.29, 1.82) is 0 Å². The number of hydrogen-bond acceptors (Lipinski definition) is 1. The first-order valence-corrected chi connectivity index (χ1v) is 7.76. The second-order valence-corrected chi connectivity index (χ2v) is 5.53. The molecule has 108 valence electrons. The van der Waals surface area contributed by atoms with E-state index >= 15 is 0 Å². The number of carboxylic acids is 1. The van der Waals surface area contributed by atoms with Crippen LogP contribution < -0.4 is 0 Å². The van der Waals surface area contributed by atoms with E-state index in [1.54, 1.807) is 11.1 Å². The van der Waals surface area contributed by atoms with Crippen molar-refractivity contribution in [3.8, 4) is 0 Å². The Balaban J connectivity index is 1.82. The van der Waals surface area contributed by atoms with E-state index in [1.807, 2.05) is 0 Å². The second-order valence-electron chi connectivity index (χ2n) is 5.53. The molecule has 0 aromatic carbocycles. The third kappa shape index (κ3) is 8.63. The maximum atomic E-state index is 10.3. The molecule has 1 rings (SSSR count). The summed E-state index contributed by atoms with van der Waals surface area (Å²) < 4.78 is 0. The van der Waals surface area contributed by atoms with Gasteiger partial charge in [-0.15, -0.1) is 0 Å². The summed E-state index contributed by atoms with van der Waals surface area (Å²) in [7, 11) is 0. The molecule has 0 bridgehead atoms. The lowest BCUT2D eigenvalue weighted by Crippen LogP contribution is -1.93. The van der Waals surface area contributed by atoms with Crippen molar-refractivity contribution in [2.75, 3.05) is 0 Å². The quantitative estimate of drug-likeness (QED) is 0.386. The van der Waals surface area contributed by atoms with Gasteiger partial charge in [0, 0.05) is 6.42 Å². The molecule has 1 aliphatic carbocycles. The van der Waals surface area contributed by atoms with E-state index in [9.17, 15) is 4.79 Å². The van der Waals surface area contributed by atoms with Gasteiger partial charge < -0.3 is 5.11 Å². The Kier molecular flexibility index (Phi) is 8.28. The van der Waals surface area contributed by atoms with Crippen molar-refractivity contribution in [3.05, 3.63) is 23.3 Å².